The monoisotopic (exact) mass is 397 g/mol. The molecule has 2 aromatic rings. The summed E-state index contributed by atoms with van der Waals surface area (Å²) in [5.74, 6) is -1.12. The molecular formula is C18H15BrF3NO. The van der Waals surface area contributed by atoms with Crippen molar-refractivity contribution in [1.29, 1.82) is 0 Å². The standard InChI is InChI=1S/C18H15BrF3NO/c1-2-4-16(12-5-3-6-13(11-12)18(20,21)22)17(24)23-15-9-7-14(19)8-10-15/h2-3,5-11,16H,1,4H2,(H,23,24). The molecule has 126 valence electrons. The molecule has 0 aliphatic rings. The minimum atomic E-state index is -4.45. The van der Waals surface area contributed by atoms with Gasteiger partial charge in [0.05, 0.1) is 11.5 Å². The fourth-order valence-corrected chi connectivity index (χ4v) is 2.52. The van der Waals surface area contributed by atoms with Crippen LogP contribution in [0.2, 0.25) is 0 Å². The van der Waals surface area contributed by atoms with Crippen molar-refractivity contribution in [2.45, 2.75) is 18.5 Å². The highest BCUT2D eigenvalue weighted by Gasteiger charge is 2.31. The van der Waals surface area contributed by atoms with E-state index in [1.807, 2.05) is 0 Å². The van der Waals surface area contributed by atoms with Crippen LogP contribution in [0.3, 0.4) is 0 Å². The molecule has 24 heavy (non-hydrogen) atoms. The molecule has 0 fully saturated rings. The van der Waals surface area contributed by atoms with Crippen molar-refractivity contribution >= 4 is 27.5 Å². The van der Waals surface area contributed by atoms with Gasteiger partial charge in [0, 0.05) is 10.2 Å². The number of hydrogen-bond donors (Lipinski definition) is 1. The van der Waals surface area contributed by atoms with E-state index in [0.29, 0.717) is 11.3 Å². The SMILES string of the molecule is C=CCC(C(=O)Nc1ccc(Br)cc1)c1cccc(C(F)(F)F)c1. The maximum atomic E-state index is 12.9. The molecule has 2 nitrogen and oxygen atoms in total. The second-order valence-electron chi connectivity index (χ2n) is 5.20. The van der Waals surface area contributed by atoms with Crippen LogP contribution in [0.5, 0.6) is 0 Å². The number of halogens is 4. The van der Waals surface area contributed by atoms with E-state index in [1.165, 1.54) is 18.2 Å². The Hall–Kier alpha value is -2.08. The number of alkyl halides is 3. The molecule has 1 atom stereocenters. The van der Waals surface area contributed by atoms with Crippen LogP contribution in [0.4, 0.5) is 18.9 Å². The first kappa shape index (κ1) is 18.3. The van der Waals surface area contributed by atoms with E-state index in [0.717, 1.165) is 16.6 Å². The highest BCUT2D eigenvalue weighted by atomic mass is 79.9. The molecule has 0 heterocycles. The number of carbonyl (C=O) groups excluding carboxylic acids is 1. The lowest BCUT2D eigenvalue weighted by Crippen LogP contribution is -2.21. The second-order valence-corrected chi connectivity index (χ2v) is 6.11. The summed E-state index contributed by atoms with van der Waals surface area (Å²) in [5.41, 5.74) is 0.106. The number of anilines is 1. The van der Waals surface area contributed by atoms with E-state index in [1.54, 1.807) is 24.3 Å². The van der Waals surface area contributed by atoms with Gasteiger partial charge in [0.15, 0.2) is 0 Å². The molecule has 0 bridgehead atoms. The molecule has 1 N–H and O–H groups in total. The van der Waals surface area contributed by atoms with Gasteiger partial charge in [0.25, 0.3) is 0 Å². The summed E-state index contributed by atoms with van der Waals surface area (Å²) >= 11 is 3.30. The lowest BCUT2D eigenvalue weighted by molar-refractivity contribution is -0.137. The van der Waals surface area contributed by atoms with Gasteiger partial charge >= 0.3 is 6.18 Å². The Bertz CT molecular complexity index is 726. The lowest BCUT2D eigenvalue weighted by atomic mass is 9.93. The van der Waals surface area contributed by atoms with Crippen molar-refractivity contribution in [1.82, 2.24) is 0 Å². The van der Waals surface area contributed by atoms with Crippen molar-refractivity contribution in [3.05, 3.63) is 76.8 Å². The van der Waals surface area contributed by atoms with Crippen LogP contribution in [-0.2, 0) is 11.0 Å². The Labute approximate surface area is 146 Å². The van der Waals surface area contributed by atoms with Gasteiger partial charge in [-0.15, -0.1) is 6.58 Å². The largest absolute Gasteiger partial charge is 0.416 e. The van der Waals surface area contributed by atoms with Crippen molar-refractivity contribution in [2.24, 2.45) is 0 Å². The summed E-state index contributed by atoms with van der Waals surface area (Å²) in [6, 6.07) is 11.8. The molecule has 2 aromatic carbocycles. The first-order valence-electron chi connectivity index (χ1n) is 7.15. The van der Waals surface area contributed by atoms with Crippen LogP contribution < -0.4 is 5.32 Å². The van der Waals surface area contributed by atoms with Crippen LogP contribution in [-0.4, -0.2) is 5.91 Å². The third-order valence-electron chi connectivity index (χ3n) is 3.45. The van der Waals surface area contributed by atoms with Crippen LogP contribution in [0.15, 0.2) is 65.7 Å². The smallest absolute Gasteiger partial charge is 0.326 e. The normalized spacial score (nSPS) is 12.5. The average molecular weight is 398 g/mol. The van der Waals surface area contributed by atoms with Crippen molar-refractivity contribution in [2.75, 3.05) is 5.32 Å². The third kappa shape index (κ3) is 4.71. The van der Waals surface area contributed by atoms with E-state index >= 15 is 0 Å². The Morgan fingerprint density at radius 3 is 2.46 bits per heavy atom. The number of rotatable bonds is 5. The maximum absolute atomic E-state index is 12.9. The maximum Gasteiger partial charge on any atom is 0.416 e. The molecule has 0 radical (unpaired) electrons. The van der Waals surface area contributed by atoms with Gasteiger partial charge in [0.1, 0.15) is 0 Å². The zero-order valence-corrected chi connectivity index (χ0v) is 14.2. The third-order valence-corrected chi connectivity index (χ3v) is 3.98. The van der Waals surface area contributed by atoms with Crippen LogP contribution >= 0.6 is 15.9 Å². The molecule has 2 rings (SSSR count). The summed E-state index contributed by atoms with van der Waals surface area (Å²) in [6.45, 7) is 3.59. The number of benzene rings is 2. The van der Waals surface area contributed by atoms with Gasteiger partial charge in [-0.3, -0.25) is 4.79 Å². The zero-order valence-electron chi connectivity index (χ0n) is 12.6. The second kappa shape index (κ2) is 7.66. The Morgan fingerprint density at radius 2 is 1.88 bits per heavy atom. The molecule has 0 saturated heterocycles. The molecule has 1 unspecified atom stereocenters. The Morgan fingerprint density at radius 1 is 1.21 bits per heavy atom. The number of allylic oxidation sites excluding steroid dienone is 1. The first-order chi connectivity index (χ1) is 11.3. The molecule has 0 aliphatic carbocycles. The van der Waals surface area contributed by atoms with Gasteiger partial charge in [-0.05, 0) is 42.3 Å². The number of amides is 1. The minimum absolute atomic E-state index is 0.240. The summed E-state index contributed by atoms with van der Waals surface area (Å²) in [7, 11) is 0. The van der Waals surface area contributed by atoms with Gasteiger partial charge in [-0.1, -0.05) is 40.2 Å². The van der Waals surface area contributed by atoms with Crippen LogP contribution in [0.1, 0.15) is 23.5 Å². The summed E-state index contributed by atoms with van der Waals surface area (Å²) < 4.78 is 39.5. The predicted molar refractivity (Wildman–Crippen MR) is 91.8 cm³/mol. The fraction of sp³-hybridized carbons (Fsp3) is 0.167. The van der Waals surface area contributed by atoms with Crippen molar-refractivity contribution < 1.29 is 18.0 Å². The highest BCUT2D eigenvalue weighted by Crippen LogP contribution is 2.32. The number of carbonyl (C=O) groups is 1. The predicted octanol–water partition coefficient (Wildman–Crippen LogP) is 5.77. The molecule has 0 spiro atoms. The summed E-state index contributed by atoms with van der Waals surface area (Å²) in [4.78, 5) is 12.5. The van der Waals surface area contributed by atoms with Gasteiger partial charge in [-0.2, -0.15) is 13.2 Å². The molecule has 0 aromatic heterocycles. The van der Waals surface area contributed by atoms with E-state index in [-0.39, 0.29) is 12.3 Å². The molecule has 6 heteroatoms. The summed E-state index contributed by atoms with van der Waals surface area (Å²) in [6.07, 6.45) is -2.69. The van der Waals surface area contributed by atoms with E-state index in [4.69, 9.17) is 0 Å². The Kier molecular flexibility index (Phi) is 5.83. The molecule has 0 aliphatic heterocycles. The summed E-state index contributed by atoms with van der Waals surface area (Å²) in [5, 5.41) is 2.72. The van der Waals surface area contributed by atoms with Crippen LogP contribution in [0.25, 0.3) is 0 Å². The van der Waals surface area contributed by atoms with Gasteiger partial charge < -0.3 is 5.32 Å². The molecular weight excluding hydrogens is 383 g/mol. The first-order valence-corrected chi connectivity index (χ1v) is 7.95. The molecule has 1 amide bonds. The average Bonchev–Trinajstić information content (AvgIpc) is 2.54. The highest BCUT2D eigenvalue weighted by molar-refractivity contribution is 9.10. The zero-order chi connectivity index (χ0) is 17.7. The quantitative estimate of drug-likeness (QED) is 0.637. The van der Waals surface area contributed by atoms with Crippen molar-refractivity contribution in [3.63, 3.8) is 0 Å². The lowest BCUT2D eigenvalue weighted by Gasteiger charge is -2.17. The topological polar surface area (TPSA) is 29.1 Å². The van der Waals surface area contributed by atoms with E-state index in [2.05, 4.69) is 27.8 Å². The Balaban J connectivity index is 2.26. The van der Waals surface area contributed by atoms with E-state index in [9.17, 15) is 18.0 Å². The van der Waals surface area contributed by atoms with Gasteiger partial charge in [0.2, 0.25) is 5.91 Å². The van der Waals surface area contributed by atoms with Crippen LogP contribution in [0, 0.1) is 0 Å². The van der Waals surface area contributed by atoms with Gasteiger partial charge in [-0.25, -0.2) is 0 Å². The number of nitrogens with one attached hydrogen (secondary N) is 1. The van der Waals surface area contributed by atoms with E-state index < -0.39 is 17.7 Å². The van der Waals surface area contributed by atoms with Crippen molar-refractivity contribution in [3.8, 4) is 0 Å². The number of hydrogen-bond acceptors (Lipinski definition) is 1. The minimum Gasteiger partial charge on any atom is -0.326 e. The molecule has 0 saturated carbocycles. The fourth-order valence-electron chi connectivity index (χ4n) is 2.26.